The van der Waals surface area contributed by atoms with Gasteiger partial charge in [0.25, 0.3) is 5.69 Å². The summed E-state index contributed by atoms with van der Waals surface area (Å²) < 4.78 is 0. The molecule has 2 N–H and O–H groups in total. The smallest absolute Gasteiger partial charge is 0.269 e. The Morgan fingerprint density at radius 3 is 2.93 bits per heavy atom. The maximum atomic E-state index is 10.5. The molecular weight excluding hydrogens is 196 g/mol. The van der Waals surface area contributed by atoms with Crippen molar-refractivity contribution in [3.63, 3.8) is 0 Å². The van der Waals surface area contributed by atoms with Crippen LogP contribution in [0.3, 0.4) is 0 Å². The summed E-state index contributed by atoms with van der Waals surface area (Å²) in [6.07, 6.45) is -0.0975. The number of nitro benzene ring substituents is 1. The van der Waals surface area contributed by atoms with E-state index < -0.39 is 11.0 Å². The number of nitro groups is 1. The lowest BCUT2D eigenvalue weighted by Crippen LogP contribution is -2.25. The molecule has 1 aromatic rings. The van der Waals surface area contributed by atoms with Crippen molar-refractivity contribution >= 4 is 5.69 Å². The highest BCUT2D eigenvalue weighted by molar-refractivity contribution is 5.34. The summed E-state index contributed by atoms with van der Waals surface area (Å²) in [5.41, 5.74) is 0.830. The van der Waals surface area contributed by atoms with Crippen LogP contribution in [0.5, 0.6) is 0 Å². The minimum atomic E-state index is -0.517. The van der Waals surface area contributed by atoms with E-state index in [4.69, 9.17) is 0 Å². The molecule has 0 fully saturated rings. The Hall–Kier alpha value is -1.46. The molecule has 0 aliphatic carbocycles. The quantitative estimate of drug-likeness (QED) is 0.554. The molecule has 0 spiro atoms. The molecule has 0 radical (unpaired) electrons. The van der Waals surface area contributed by atoms with Gasteiger partial charge in [0.05, 0.1) is 11.0 Å². The second kappa shape index (κ2) is 5.43. The molecule has 0 aliphatic heterocycles. The first-order valence-electron chi connectivity index (χ1n) is 4.69. The van der Waals surface area contributed by atoms with Crippen LogP contribution in [0, 0.1) is 10.1 Å². The number of likely N-dealkylation sites (N-methyl/N-ethyl adjacent to an activating group) is 1. The predicted octanol–water partition coefficient (Wildman–Crippen LogP) is 0.718. The molecule has 0 bridgehead atoms. The molecule has 0 heterocycles. The van der Waals surface area contributed by atoms with Gasteiger partial charge in [0.2, 0.25) is 0 Å². The van der Waals surface area contributed by atoms with Crippen molar-refractivity contribution in [1.29, 1.82) is 0 Å². The van der Waals surface area contributed by atoms with Crippen LogP contribution in [-0.4, -0.2) is 29.7 Å². The van der Waals surface area contributed by atoms with E-state index in [0.29, 0.717) is 13.0 Å². The van der Waals surface area contributed by atoms with Crippen LogP contribution in [0.15, 0.2) is 24.3 Å². The molecule has 0 aromatic heterocycles. The topological polar surface area (TPSA) is 75.4 Å². The average molecular weight is 210 g/mol. The zero-order valence-electron chi connectivity index (χ0n) is 8.51. The van der Waals surface area contributed by atoms with Crippen LogP contribution in [0.4, 0.5) is 5.69 Å². The first kappa shape index (κ1) is 11.6. The van der Waals surface area contributed by atoms with E-state index in [0.717, 1.165) is 5.56 Å². The van der Waals surface area contributed by atoms with Gasteiger partial charge in [-0.25, -0.2) is 0 Å². The molecule has 0 saturated heterocycles. The van der Waals surface area contributed by atoms with E-state index in [1.807, 2.05) is 0 Å². The molecule has 5 heteroatoms. The normalized spacial score (nSPS) is 12.4. The SMILES string of the molecule is CNCC(O)Cc1cccc([N+](=O)[O-])c1. The van der Waals surface area contributed by atoms with Crippen LogP contribution in [-0.2, 0) is 6.42 Å². The zero-order valence-corrected chi connectivity index (χ0v) is 8.51. The second-order valence-electron chi connectivity index (χ2n) is 3.34. The van der Waals surface area contributed by atoms with Gasteiger partial charge in [0.15, 0.2) is 0 Å². The summed E-state index contributed by atoms with van der Waals surface area (Å²) in [6, 6.07) is 6.32. The maximum Gasteiger partial charge on any atom is 0.269 e. The summed E-state index contributed by atoms with van der Waals surface area (Å²) in [6.45, 7) is 0.475. The fourth-order valence-electron chi connectivity index (χ4n) is 1.38. The Labute approximate surface area is 87.9 Å². The third-order valence-electron chi connectivity index (χ3n) is 2.03. The molecule has 82 valence electrons. The van der Waals surface area contributed by atoms with Crippen molar-refractivity contribution in [1.82, 2.24) is 5.32 Å². The van der Waals surface area contributed by atoms with Crippen LogP contribution in [0.25, 0.3) is 0 Å². The van der Waals surface area contributed by atoms with Crippen LogP contribution in [0.2, 0.25) is 0 Å². The molecule has 0 aliphatic rings. The van der Waals surface area contributed by atoms with E-state index >= 15 is 0 Å². The Bertz CT molecular complexity index is 341. The highest BCUT2D eigenvalue weighted by Crippen LogP contribution is 2.14. The van der Waals surface area contributed by atoms with Crippen molar-refractivity contribution < 1.29 is 10.0 Å². The largest absolute Gasteiger partial charge is 0.391 e. The monoisotopic (exact) mass is 210 g/mol. The fourth-order valence-corrected chi connectivity index (χ4v) is 1.38. The van der Waals surface area contributed by atoms with Crippen LogP contribution in [0.1, 0.15) is 5.56 Å². The molecule has 0 amide bonds. The van der Waals surface area contributed by atoms with E-state index in [2.05, 4.69) is 5.32 Å². The molecule has 0 saturated carbocycles. The summed E-state index contributed by atoms with van der Waals surface area (Å²) in [5, 5.41) is 22.8. The molecule has 1 unspecified atom stereocenters. The lowest BCUT2D eigenvalue weighted by Gasteiger charge is -2.09. The second-order valence-corrected chi connectivity index (χ2v) is 3.34. The number of hydrogen-bond acceptors (Lipinski definition) is 4. The van der Waals surface area contributed by atoms with Crippen molar-refractivity contribution in [2.24, 2.45) is 0 Å². The van der Waals surface area contributed by atoms with Crippen LogP contribution < -0.4 is 5.32 Å². The first-order chi connectivity index (χ1) is 7.13. The first-order valence-corrected chi connectivity index (χ1v) is 4.69. The Morgan fingerprint density at radius 1 is 1.60 bits per heavy atom. The Kier molecular flexibility index (Phi) is 4.20. The lowest BCUT2D eigenvalue weighted by atomic mass is 10.1. The molecule has 1 aromatic carbocycles. The van der Waals surface area contributed by atoms with Gasteiger partial charge in [-0.3, -0.25) is 10.1 Å². The van der Waals surface area contributed by atoms with E-state index in [9.17, 15) is 15.2 Å². The molecule has 1 atom stereocenters. The number of non-ortho nitro benzene ring substituents is 1. The fraction of sp³-hybridized carbons (Fsp3) is 0.400. The molecule has 5 nitrogen and oxygen atoms in total. The number of aliphatic hydroxyl groups is 1. The third-order valence-corrected chi connectivity index (χ3v) is 2.03. The standard InChI is InChI=1S/C10H14N2O3/c1-11-7-10(13)6-8-3-2-4-9(5-8)12(14)15/h2-5,10-11,13H,6-7H2,1H3. The van der Waals surface area contributed by atoms with Gasteiger partial charge in [0, 0.05) is 18.7 Å². The summed E-state index contributed by atoms with van der Waals surface area (Å²) >= 11 is 0. The van der Waals surface area contributed by atoms with Gasteiger partial charge in [-0.15, -0.1) is 0 Å². The van der Waals surface area contributed by atoms with Gasteiger partial charge in [-0.1, -0.05) is 12.1 Å². The van der Waals surface area contributed by atoms with E-state index in [1.54, 1.807) is 19.2 Å². The van der Waals surface area contributed by atoms with E-state index in [1.165, 1.54) is 12.1 Å². The van der Waals surface area contributed by atoms with Gasteiger partial charge in [0.1, 0.15) is 0 Å². The van der Waals surface area contributed by atoms with Gasteiger partial charge in [-0.05, 0) is 19.0 Å². The summed E-state index contributed by atoms with van der Waals surface area (Å²) in [5.74, 6) is 0. The van der Waals surface area contributed by atoms with Crippen molar-refractivity contribution in [3.8, 4) is 0 Å². The molecule has 15 heavy (non-hydrogen) atoms. The van der Waals surface area contributed by atoms with Crippen LogP contribution >= 0.6 is 0 Å². The van der Waals surface area contributed by atoms with Gasteiger partial charge in [-0.2, -0.15) is 0 Å². The minimum Gasteiger partial charge on any atom is -0.391 e. The average Bonchev–Trinajstić information content (AvgIpc) is 2.18. The molecule has 1 rings (SSSR count). The lowest BCUT2D eigenvalue weighted by molar-refractivity contribution is -0.384. The number of hydrogen-bond donors (Lipinski definition) is 2. The number of nitrogens with one attached hydrogen (secondary N) is 1. The van der Waals surface area contributed by atoms with Crippen molar-refractivity contribution in [3.05, 3.63) is 39.9 Å². The maximum absolute atomic E-state index is 10.5. The number of nitrogens with zero attached hydrogens (tertiary/aromatic N) is 1. The Morgan fingerprint density at radius 2 is 2.33 bits per heavy atom. The highest BCUT2D eigenvalue weighted by Gasteiger charge is 2.08. The van der Waals surface area contributed by atoms with E-state index in [-0.39, 0.29) is 5.69 Å². The van der Waals surface area contributed by atoms with Crippen molar-refractivity contribution in [2.75, 3.05) is 13.6 Å². The number of rotatable bonds is 5. The minimum absolute atomic E-state index is 0.0594. The van der Waals surface area contributed by atoms with Crippen molar-refractivity contribution in [2.45, 2.75) is 12.5 Å². The third kappa shape index (κ3) is 3.65. The van der Waals surface area contributed by atoms with Gasteiger partial charge < -0.3 is 10.4 Å². The summed E-state index contributed by atoms with van der Waals surface area (Å²) in [7, 11) is 1.75. The zero-order chi connectivity index (χ0) is 11.3. The number of aliphatic hydroxyl groups excluding tert-OH is 1. The molecular formula is C10H14N2O3. The van der Waals surface area contributed by atoms with Gasteiger partial charge >= 0.3 is 0 Å². The summed E-state index contributed by atoms with van der Waals surface area (Å²) in [4.78, 5) is 10.1. The predicted molar refractivity (Wildman–Crippen MR) is 56.7 cm³/mol. The number of benzene rings is 1. The highest BCUT2D eigenvalue weighted by atomic mass is 16.6. The Balaban J connectivity index is 2.69.